The Morgan fingerprint density at radius 2 is 1.71 bits per heavy atom. The second-order valence-electron chi connectivity index (χ2n) is 7.18. The summed E-state index contributed by atoms with van der Waals surface area (Å²) in [5.74, 6) is -0.936. The molecule has 2 rings (SSSR count). The van der Waals surface area contributed by atoms with Gasteiger partial charge in [-0.3, -0.25) is 0 Å². The number of fused-ring (bicyclic) bond motifs is 1. The predicted octanol–water partition coefficient (Wildman–Crippen LogP) is 3.58. The molecule has 152 valence electrons. The molecule has 1 atom stereocenters. The van der Waals surface area contributed by atoms with Gasteiger partial charge < -0.3 is 14.2 Å². The molecular weight excluding hydrogens is 360 g/mol. The SMILES string of the molecule is COC(=O)C1=CCCC2=CC(C/C(C(=O)OC)=C\C=C(\C(C)C)CC1)OC2=O. The Balaban J connectivity index is 2.42. The van der Waals surface area contributed by atoms with Gasteiger partial charge in [-0.2, -0.15) is 0 Å². The monoisotopic (exact) mass is 388 g/mol. The summed E-state index contributed by atoms with van der Waals surface area (Å²) in [5, 5.41) is 0. The second-order valence-corrected chi connectivity index (χ2v) is 7.18. The highest BCUT2D eigenvalue weighted by atomic mass is 16.5. The van der Waals surface area contributed by atoms with Gasteiger partial charge in [0, 0.05) is 23.1 Å². The molecule has 0 fully saturated rings. The van der Waals surface area contributed by atoms with E-state index in [-0.39, 0.29) is 24.3 Å². The topological polar surface area (TPSA) is 78.9 Å². The summed E-state index contributed by atoms with van der Waals surface area (Å²) in [6.45, 7) is 4.13. The molecule has 0 amide bonds. The fraction of sp³-hybridized carbons (Fsp3) is 0.500. The molecule has 0 aromatic rings. The first-order valence-corrected chi connectivity index (χ1v) is 9.52. The average molecular weight is 388 g/mol. The summed E-state index contributed by atoms with van der Waals surface area (Å²) < 4.78 is 15.2. The van der Waals surface area contributed by atoms with Crippen molar-refractivity contribution in [2.45, 2.75) is 52.1 Å². The zero-order valence-electron chi connectivity index (χ0n) is 16.9. The molecule has 6 heteroatoms. The molecule has 0 aromatic heterocycles. The number of esters is 3. The summed E-state index contributed by atoms with van der Waals surface area (Å²) in [7, 11) is 2.69. The van der Waals surface area contributed by atoms with Crippen LogP contribution < -0.4 is 0 Å². The fourth-order valence-corrected chi connectivity index (χ4v) is 3.26. The minimum Gasteiger partial charge on any atom is -0.466 e. The van der Waals surface area contributed by atoms with E-state index in [1.54, 1.807) is 12.2 Å². The first-order chi connectivity index (χ1) is 13.3. The van der Waals surface area contributed by atoms with Crippen LogP contribution in [0.4, 0.5) is 0 Å². The number of carbonyl (C=O) groups is 3. The largest absolute Gasteiger partial charge is 0.466 e. The molecular formula is C22H28O6. The van der Waals surface area contributed by atoms with E-state index in [1.165, 1.54) is 14.2 Å². The summed E-state index contributed by atoms with van der Waals surface area (Å²) in [6, 6.07) is 0. The number of hydrogen-bond acceptors (Lipinski definition) is 6. The molecule has 0 saturated heterocycles. The highest BCUT2D eigenvalue weighted by Crippen LogP contribution is 2.26. The fourth-order valence-electron chi connectivity index (χ4n) is 3.26. The van der Waals surface area contributed by atoms with Gasteiger partial charge in [-0.05, 0) is 37.7 Å². The van der Waals surface area contributed by atoms with Crippen molar-refractivity contribution in [1.82, 2.24) is 0 Å². The quantitative estimate of drug-likeness (QED) is 0.543. The van der Waals surface area contributed by atoms with Gasteiger partial charge in [0.15, 0.2) is 0 Å². The molecule has 2 aliphatic rings. The lowest BCUT2D eigenvalue weighted by molar-refractivity contribution is -0.141. The summed E-state index contributed by atoms with van der Waals surface area (Å²) in [5.41, 5.74) is 2.70. The Labute approximate surface area is 165 Å². The minimum absolute atomic E-state index is 0.248. The van der Waals surface area contributed by atoms with Gasteiger partial charge in [-0.25, -0.2) is 14.4 Å². The Morgan fingerprint density at radius 1 is 1.04 bits per heavy atom. The predicted molar refractivity (Wildman–Crippen MR) is 104 cm³/mol. The number of hydrogen-bond donors (Lipinski definition) is 0. The van der Waals surface area contributed by atoms with Gasteiger partial charge in [0.25, 0.3) is 0 Å². The van der Waals surface area contributed by atoms with E-state index in [0.717, 1.165) is 5.57 Å². The minimum atomic E-state index is -0.490. The smallest absolute Gasteiger partial charge is 0.334 e. The van der Waals surface area contributed by atoms with Crippen molar-refractivity contribution in [3.8, 4) is 0 Å². The third-order valence-corrected chi connectivity index (χ3v) is 4.95. The zero-order chi connectivity index (χ0) is 20.7. The molecule has 0 radical (unpaired) electrons. The van der Waals surface area contributed by atoms with Crippen LogP contribution in [0.5, 0.6) is 0 Å². The number of allylic oxidation sites excluding steroid dienone is 4. The third-order valence-electron chi connectivity index (χ3n) is 4.95. The number of ether oxygens (including phenoxy) is 3. The van der Waals surface area contributed by atoms with E-state index in [9.17, 15) is 14.4 Å². The molecule has 0 saturated carbocycles. The number of methoxy groups -OCH3 is 2. The number of carbonyl (C=O) groups excluding carboxylic acids is 3. The maximum atomic E-state index is 12.2. The van der Waals surface area contributed by atoms with E-state index >= 15 is 0 Å². The normalized spacial score (nSPS) is 24.6. The van der Waals surface area contributed by atoms with Crippen LogP contribution in [0, 0.1) is 5.92 Å². The molecule has 0 spiro atoms. The summed E-state index contributed by atoms with van der Waals surface area (Å²) >= 11 is 0. The van der Waals surface area contributed by atoms with Crippen LogP contribution in [0.2, 0.25) is 0 Å². The Hall–Kier alpha value is -2.63. The molecule has 0 aromatic carbocycles. The van der Waals surface area contributed by atoms with Crippen molar-refractivity contribution >= 4 is 17.9 Å². The second kappa shape index (κ2) is 10.1. The van der Waals surface area contributed by atoms with E-state index in [4.69, 9.17) is 14.2 Å². The van der Waals surface area contributed by atoms with Gasteiger partial charge >= 0.3 is 17.9 Å². The maximum Gasteiger partial charge on any atom is 0.334 e. The summed E-state index contributed by atoms with van der Waals surface area (Å²) in [4.78, 5) is 36.4. The first-order valence-electron chi connectivity index (χ1n) is 9.52. The van der Waals surface area contributed by atoms with Crippen LogP contribution in [0.1, 0.15) is 46.0 Å². The van der Waals surface area contributed by atoms with Crippen molar-refractivity contribution in [2.75, 3.05) is 14.2 Å². The Kier molecular flexibility index (Phi) is 7.79. The molecule has 1 aliphatic carbocycles. The number of rotatable bonds is 3. The van der Waals surface area contributed by atoms with Crippen molar-refractivity contribution < 1.29 is 28.6 Å². The standard InChI is InChI=1S/C22H28O6/c1-14(2)15-8-10-16(20(23)26-3)6-5-7-17-12-19(28-22(17)25)13-18(11-9-15)21(24)27-4/h6,9,11-12,14,19H,5,7-8,10,13H2,1-4H3/b15-9+,16-6?,18-11+. The van der Waals surface area contributed by atoms with Crippen LogP contribution >= 0.6 is 0 Å². The van der Waals surface area contributed by atoms with Crippen LogP contribution in [0.15, 0.2) is 46.6 Å². The van der Waals surface area contributed by atoms with E-state index in [0.29, 0.717) is 42.4 Å². The van der Waals surface area contributed by atoms with Crippen molar-refractivity contribution in [2.24, 2.45) is 5.92 Å². The lowest BCUT2D eigenvalue weighted by Crippen LogP contribution is -2.14. The molecule has 1 heterocycles. The van der Waals surface area contributed by atoms with E-state index in [1.807, 2.05) is 12.2 Å². The van der Waals surface area contributed by atoms with Crippen LogP contribution in [-0.4, -0.2) is 38.2 Å². The van der Waals surface area contributed by atoms with Gasteiger partial charge in [0.05, 0.1) is 14.2 Å². The first kappa shape index (κ1) is 21.7. The van der Waals surface area contributed by atoms with Crippen LogP contribution in [0.3, 0.4) is 0 Å². The molecule has 28 heavy (non-hydrogen) atoms. The van der Waals surface area contributed by atoms with Crippen LogP contribution in [-0.2, 0) is 28.6 Å². The van der Waals surface area contributed by atoms with E-state index in [2.05, 4.69) is 13.8 Å². The summed E-state index contributed by atoms with van der Waals surface area (Å²) in [6.07, 6.45) is 9.22. The van der Waals surface area contributed by atoms with Gasteiger partial charge in [-0.15, -0.1) is 0 Å². The molecule has 6 nitrogen and oxygen atoms in total. The third kappa shape index (κ3) is 5.68. The molecule has 1 aliphatic heterocycles. The highest BCUT2D eigenvalue weighted by Gasteiger charge is 2.27. The lowest BCUT2D eigenvalue weighted by atomic mass is 9.93. The van der Waals surface area contributed by atoms with Crippen molar-refractivity contribution in [1.29, 1.82) is 0 Å². The Morgan fingerprint density at radius 3 is 2.36 bits per heavy atom. The molecule has 2 bridgehead atoms. The maximum absolute atomic E-state index is 12.2. The van der Waals surface area contributed by atoms with Crippen molar-refractivity contribution in [3.63, 3.8) is 0 Å². The van der Waals surface area contributed by atoms with Gasteiger partial charge in [0.1, 0.15) is 6.10 Å². The van der Waals surface area contributed by atoms with Crippen molar-refractivity contribution in [3.05, 3.63) is 46.6 Å². The average Bonchev–Trinajstić information content (AvgIpc) is 3.02. The highest BCUT2D eigenvalue weighted by molar-refractivity contribution is 5.92. The van der Waals surface area contributed by atoms with Gasteiger partial charge in [-0.1, -0.05) is 37.6 Å². The van der Waals surface area contributed by atoms with E-state index < -0.39 is 12.1 Å². The lowest BCUT2D eigenvalue weighted by Gasteiger charge is -2.13. The molecule has 0 N–H and O–H groups in total. The molecule has 1 unspecified atom stereocenters. The zero-order valence-corrected chi connectivity index (χ0v) is 16.9. The Bertz CT molecular complexity index is 751. The van der Waals surface area contributed by atoms with Gasteiger partial charge in [0.2, 0.25) is 0 Å². The van der Waals surface area contributed by atoms with Crippen LogP contribution in [0.25, 0.3) is 0 Å².